The minimum atomic E-state index is -1.43. The van der Waals surface area contributed by atoms with E-state index >= 15 is 0 Å². The summed E-state index contributed by atoms with van der Waals surface area (Å²) < 4.78 is 13.4. The Kier molecular flexibility index (Phi) is 4.97. The predicted octanol–water partition coefficient (Wildman–Crippen LogP) is 1.00. The first kappa shape index (κ1) is 14.8. The third kappa shape index (κ3) is 3.14. The van der Waals surface area contributed by atoms with Crippen molar-refractivity contribution in [1.29, 1.82) is 0 Å². The first-order valence-corrected chi connectivity index (χ1v) is 5.40. The largest absolute Gasteiger partial charge is 0.389 e. The Morgan fingerprint density at radius 2 is 2.17 bits per heavy atom. The molecule has 6 nitrogen and oxygen atoms in total. The number of hydrogen-bond acceptors (Lipinski definition) is 5. The summed E-state index contributed by atoms with van der Waals surface area (Å²) in [5.74, 6) is -1.12. The van der Waals surface area contributed by atoms with Gasteiger partial charge in [0.1, 0.15) is 6.10 Å². The second-order valence-electron chi connectivity index (χ2n) is 3.65. The molecular formula is C10H12ClFN2O4. The zero-order valence-electron chi connectivity index (χ0n) is 9.43. The first-order chi connectivity index (χ1) is 8.38. The van der Waals surface area contributed by atoms with E-state index in [4.69, 9.17) is 11.6 Å². The zero-order valence-corrected chi connectivity index (χ0v) is 10.2. The molecule has 1 rings (SSSR count). The predicted molar refractivity (Wildman–Crippen MR) is 63.0 cm³/mol. The highest BCUT2D eigenvalue weighted by Gasteiger charge is 2.25. The Balaban J connectivity index is 3.11. The number of nitro benzene ring substituents is 1. The fraction of sp³-hybridized carbons (Fsp3) is 0.400. The van der Waals surface area contributed by atoms with E-state index in [9.17, 15) is 24.7 Å². The SMILES string of the molecule is CNCC(O)C(O)c1cc(F)c([N+](=O)[O-])cc1Cl. The molecule has 0 bridgehead atoms. The smallest absolute Gasteiger partial charge is 0.306 e. The van der Waals surface area contributed by atoms with Crippen LogP contribution in [0.4, 0.5) is 10.1 Å². The Hall–Kier alpha value is -1.28. The fourth-order valence-electron chi connectivity index (χ4n) is 1.45. The molecule has 0 aliphatic rings. The monoisotopic (exact) mass is 278 g/mol. The molecule has 0 saturated carbocycles. The van der Waals surface area contributed by atoms with Gasteiger partial charge in [0.15, 0.2) is 0 Å². The summed E-state index contributed by atoms with van der Waals surface area (Å²) in [6.45, 7) is 0.0656. The van der Waals surface area contributed by atoms with Crippen LogP contribution in [-0.2, 0) is 0 Å². The lowest BCUT2D eigenvalue weighted by molar-refractivity contribution is -0.387. The molecule has 18 heavy (non-hydrogen) atoms. The minimum Gasteiger partial charge on any atom is -0.389 e. The molecule has 2 atom stereocenters. The molecule has 8 heteroatoms. The van der Waals surface area contributed by atoms with Gasteiger partial charge in [0, 0.05) is 18.2 Å². The molecule has 0 saturated heterocycles. The van der Waals surface area contributed by atoms with Gasteiger partial charge in [0.25, 0.3) is 0 Å². The van der Waals surface area contributed by atoms with Gasteiger partial charge in [-0.15, -0.1) is 0 Å². The molecule has 1 aromatic carbocycles. The van der Waals surface area contributed by atoms with Crippen LogP contribution in [0.15, 0.2) is 12.1 Å². The molecule has 0 fully saturated rings. The third-order valence-electron chi connectivity index (χ3n) is 2.36. The molecule has 2 unspecified atom stereocenters. The van der Waals surface area contributed by atoms with Crippen LogP contribution >= 0.6 is 11.6 Å². The number of nitrogens with one attached hydrogen (secondary N) is 1. The van der Waals surface area contributed by atoms with Gasteiger partial charge in [-0.2, -0.15) is 4.39 Å². The number of aliphatic hydroxyl groups is 2. The number of nitro groups is 1. The van der Waals surface area contributed by atoms with E-state index < -0.39 is 28.6 Å². The van der Waals surface area contributed by atoms with Crippen LogP contribution in [-0.4, -0.2) is 34.8 Å². The number of halogens is 2. The lowest BCUT2D eigenvalue weighted by atomic mass is 10.0. The van der Waals surface area contributed by atoms with Crippen LogP contribution in [0, 0.1) is 15.9 Å². The van der Waals surface area contributed by atoms with Crippen molar-refractivity contribution in [2.75, 3.05) is 13.6 Å². The highest BCUT2D eigenvalue weighted by atomic mass is 35.5. The van der Waals surface area contributed by atoms with Gasteiger partial charge >= 0.3 is 5.69 Å². The van der Waals surface area contributed by atoms with Gasteiger partial charge in [-0.05, 0) is 13.1 Å². The highest BCUT2D eigenvalue weighted by Crippen LogP contribution is 2.31. The van der Waals surface area contributed by atoms with Crippen LogP contribution < -0.4 is 5.32 Å². The van der Waals surface area contributed by atoms with Crippen molar-refractivity contribution in [2.45, 2.75) is 12.2 Å². The maximum absolute atomic E-state index is 13.4. The summed E-state index contributed by atoms with van der Waals surface area (Å²) in [5.41, 5.74) is -0.874. The maximum Gasteiger partial charge on any atom is 0.306 e. The topological polar surface area (TPSA) is 95.6 Å². The number of benzene rings is 1. The Bertz CT molecular complexity index is 458. The lowest BCUT2D eigenvalue weighted by Gasteiger charge is -2.18. The van der Waals surface area contributed by atoms with Gasteiger partial charge in [-0.25, -0.2) is 0 Å². The Labute approximate surface area is 107 Å². The lowest BCUT2D eigenvalue weighted by Crippen LogP contribution is -2.29. The van der Waals surface area contributed by atoms with E-state index in [-0.39, 0.29) is 17.1 Å². The van der Waals surface area contributed by atoms with Crippen molar-refractivity contribution in [3.63, 3.8) is 0 Å². The van der Waals surface area contributed by atoms with Crippen molar-refractivity contribution < 1.29 is 19.5 Å². The number of rotatable bonds is 5. The standard InChI is InChI=1S/C10H12ClFN2O4/c1-13-4-9(15)10(16)5-2-7(12)8(14(17)18)3-6(5)11/h2-3,9-10,13,15-16H,4H2,1H3. The average Bonchev–Trinajstić information content (AvgIpc) is 2.30. The molecule has 3 N–H and O–H groups in total. The molecule has 0 amide bonds. The van der Waals surface area contributed by atoms with Crippen LogP contribution in [0.5, 0.6) is 0 Å². The number of hydrogen-bond donors (Lipinski definition) is 3. The molecule has 1 aromatic rings. The average molecular weight is 279 g/mol. The second-order valence-corrected chi connectivity index (χ2v) is 4.06. The molecule has 0 aliphatic carbocycles. The van der Waals surface area contributed by atoms with Crippen LogP contribution in [0.1, 0.15) is 11.7 Å². The van der Waals surface area contributed by atoms with Crippen molar-refractivity contribution >= 4 is 17.3 Å². The summed E-state index contributed by atoms with van der Waals surface area (Å²) in [5, 5.41) is 32.2. The Morgan fingerprint density at radius 3 is 2.67 bits per heavy atom. The van der Waals surface area contributed by atoms with Crippen molar-refractivity contribution in [1.82, 2.24) is 5.32 Å². The third-order valence-corrected chi connectivity index (χ3v) is 2.69. The van der Waals surface area contributed by atoms with Crippen LogP contribution in [0.25, 0.3) is 0 Å². The second kappa shape index (κ2) is 6.05. The molecule has 0 spiro atoms. The van der Waals surface area contributed by atoms with E-state index in [1.54, 1.807) is 7.05 Å². The number of nitrogens with zero attached hydrogens (tertiary/aromatic N) is 1. The molecule has 0 aromatic heterocycles. The fourth-order valence-corrected chi connectivity index (χ4v) is 1.72. The van der Waals surface area contributed by atoms with Gasteiger partial charge in [0.05, 0.1) is 16.0 Å². The summed E-state index contributed by atoms with van der Waals surface area (Å²) in [7, 11) is 1.56. The summed E-state index contributed by atoms with van der Waals surface area (Å²) in [6.07, 6.45) is -2.63. The van der Waals surface area contributed by atoms with E-state index in [1.807, 2.05) is 0 Å². The van der Waals surface area contributed by atoms with Crippen LogP contribution in [0.2, 0.25) is 5.02 Å². The van der Waals surface area contributed by atoms with E-state index in [2.05, 4.69) is 5.32 Å². The van der Waals surface area contributed by atoms with Gasteiger partial charge in [0.2, 0.25) is 5.82 Å². The molecule has 0 heterocycles. The van der Waals surface area contributed by atoms with Crippen molar-refractivity contribution in [3.8, 4) is 0 Å². The van der Waals surface area contributed by atoms with Gasteiger partial charge in [-0.1, -0.05) is 11.6 Å². The van der Waals surface area contributed by atoms with Gasteiger partial charge in [-0.3, -0.25) is 10.1 Å². The summed E-state index contributed by atoms with van der Waals surface area (Å²) >= 11 is 5.72. The van der Waals surface area contributed by atoms with E-state index in [0.29, 0.717) is 0 Å². The number of aliphatic hydroxyl groups excluding tert-OH is 2. The highest BCUT2D eigenvalue weighted by molar-refractivity contribution is 6.31. The first-order valence-electron chi connectivity index (χ1n) is 5.02. The Morgan fingerprint density at radius 1 is 1.56 bits per heavy atom. The summed E-state index contributed by atoms with van der Waals surface area (Å²) in [4.78, 5) is 9.56. The molecule has 0 aliphatic heterocycles. The zero-order chi connectivity index (χ0) is 13.9. The van der Waals surface area contributed by atoms with Crippen molar-refractivity contribution in [2.24, 2.45) is 0 Å². The van der Waals surface area contributed by atoms with E-state index in [0.717, 1.165) is 12.1 Å². The minimum absolute atomic E-state index is 0.0656. The normalized spacial score (nSPS) is 14.3. The summed E-state index contributed by atoms with van der Waals surface area (Å²) in [6, 6.07) is 1.56. The van der Waals surface area contributed by atoms with Crippen LogP contribution in [0.3, 0.4) is 0 Å². The van der Waals surface area contributed by atoms with Gasteiger partial charge < -0.3 is 15.5 Å². The van der Waals surface area contributed by atoms with E-state index in [1.165, 1.54) is 0 Å². The molecule has 100 valence electrons. The molecule has 0 radical (unpaired) electrons. The quantitative estimate of drug-likeness (QED) is 0.552. The maximum atomic E-state index is 13.4. The van der Waals surface area contributed by atoms with Crippen molar-refractivity contribution in [3.05, 3.63) is 38.7 Å². The number of likely N-dealkylation sites (N-methyl/N-ethyl adjacent to an activating group) is 1. The molecular weight excluding hydrogens is 267 g/mol.